The summed E-state index contributed by atoms with van der Waals surface area (Å²) in [4.78, 5) is 44.8. The molecule has 4 rings (SSSR count). The zero-order chi connectivity index (χ0) is 24.5. The molecule has 34 heavy (non-hydrogen) atoms. The SMILES string of the molecule is C=CCCOC(=O)[C@@H]1[C@@H]2CCC3(S2)C(C(=O)N(CC=C)C2CCCCC2)N([C@H](C)CO)C(=O)[C@H]13. The molecule has 3 aliphatic heterocycles. The average molecular weight is 491 g/mol. The average Bonchev–Trinajstić information content (AvgIpc) is 3.49. The fraction of sp³-hybridized carbons (Fsp3) is 0.731. The van der Waals surface area contributed by atoms with E-state index in [2.05, 4.69) is 13.2 Å². The number of amides is 2. The molecule has 6 atom stereocenters. The van der Waals surface area contributed by atoms with Crippen molar-refractivity contribution in [1.82, 2.24) is 9.80 Å². The summed E-state index contributed by atoms with van der Waals surface area (Å²) in [5, 5.41) is 9.99. The number of aliphatic hydroxyl groups is 1. The van der Waals surface area contributed by atoms with Crippen LogP contribution in [-0.4, -0.2) is 80.6 Å². The maximum Gasteiger partial charge on any atom is 0.310 e. The molecule has 0 aromatic heterocycles. The quantitative estimate of drug-likeness (QED) is 0.288. The number of aliphatic hydroxyl groups excluding tert-OH is 1. The van der Waals surface area contributed by atoms with Crippen molar-refractivity contribution in [1.29, 1.82) is 0 Å². The highest BCUT2D eigenvalue weighted by Crippen LogP contribution is 2.67. The number of hydrogen-bond donors (Lipinski definition) is 1. The zero-order valence-electron chi connectivity index (χ0n) is 20.2. The predicted octanol–water partition coefficient (Wildman–Crippen LogP) is 2.93. The van der Waals surface area contributed by atoms with Gasteiger partial charge in [0.1, 0.15) is 6.04 Å². The monoisotopic (exact) mass is 490 g/mol. The van der Waals surface area contributed by atoms with Crippen LogP contribution in [0.25, 0.3) is 0 Å². The Morgan fingerprint density at radius 3 is 2.65 bits per heavy atom. The van der Waals surface area contributed by atoms with Crippen molar-refractivity contribution in [3.63, 3.8) is 0 Å². The third-order valence-corrected chi connectivity index (χ3v) is 10.1. The molecule has 1 N–H and O–H groups in total. The van der Waals surface area contributed by atoms with E-state index in [-0.39, 0.29) is 42.3 Å². The number of esters is 1. The molecular formula is C26H38N2O5S. The summed E-state index contributed by atoms with van der Waals surface area (Å²) < 4.78 is 4.86. The van der Waals surface area contributed by atoms with Gasteiger partial charge in [-0.25, -0.2) is 0 Å². The number of likely N-dealkylation sites (tertiary alicyclic amines) is 1. The lowest BCUT2D eigenvalue weighted by Gasteiger charge is -2.42. The molecule has 8 heteroatoms. The predicted molar refractivity (Wildman–Crippen MR) is 132 cm³/mol. The van der Waals surface area contributed by atoms with Gasteiger partial charge in [-0.3, -0.25) is 14.4 Å². The van der Waals surface area contributed by atoms with Gasteiger partial charge in [-0.1, -0.05) is 31.4 Å². The van der Waals surface area contributed by atoms with Crippen LogP contribution in [0.15, 0.2) is 25.3 Å². The van der Waals surface area contributed by atoms with E-state index in [0.29, 0.717) is 19.4 Å². The third kappa shape index (κ3) is 4.11. The van der Waals surface area contributed by atoms with Crippen molar-refractivity contribution >= 4 is 29.5 Å². The fourth-order valence-electron chi connectivity index (χ4n) is 6.65. The first-order chi connectivity index (χ1) is 16.4. The first-order valence-corrected chi connectivity index (χ1v) is 13.6. The number of rotatable bonds is 10. The van der Waals surface area contributed by atoms with Crippen LogP contribution in [-0.2, 0) is 19.1 Å². The molecular weight excluding hydrogens is 452 g/mol. The normalized spacial score (nSPS) is 33.5. The molecule has 1 aliphatic carbocycles. The molecule has 4 fully saturated rings. The lowest BCUT2D eigenvalue weighted by Crippen LogP contribution is -2.58. The second-order valence-corrected chi connectivity index (χ2v) is 11.8. The van der Waals surface area contributed by atoms with Gasteiger partial charge >= 0.3 is 5.97 Å². The molecule has 0 aromatic rings. The highest BCUT2D eigenvalue weighted by Gasteiger charge is 2.74. The molecule has 188 valence electrons. The highest BCUT2D eigenvalue weighted by molar-refractivity contribution is 8.02. The van der Waals surface area contributed by atoms with E-state index in [1.807, 2.05) is 4.90 Å². The summed E-state index contributed by atoms with van der Waals surface area (Å²) in [7, 11) is 0. The van der Waals surface area contributed by atoms with Crippen molar-refractivity contribution in [3.8, 4) is 0 Å². The second kappa shape index (κ2) is 10.4. The number of nitrogens with zero attached hydrogens (tertiary/aromatic N) is 2. The third-order valence-electron chi connectivity index (χ3n) is 8.17. The maximum atomic E-state index is 14.3. The molecule has 4 aliphatic rings. The Hall–Kier alpha value is -1.80. The van der Waals surface area contributed by atoms with Gasteiger partial charge in [0, 0.05) is 17.8 Å². The largest absolute Gasteiger partial charge is 0.465 e. The minimum atomic E-state index is -0.685. The van der Waals surface area contributed by atoms with E-state index in [1.165, 1.54) is 6.42 Å². The van der Waals surface area contributed by atoms with Crippen LogP contribution in [0.4, 0.5) is 0 Å². The van der Waals surface area contributed by atoms with Crippen LogP contribution in [0.2, 0.25) is 0 Å². The molecule has 0 radical (unpaired) electrons. The van der Waals surface area contributed by atoms with E-state index in [9.17, 15) is 19.5 Å². The molecule has 1 spiro atoms. The van der Waals surface area contributed by atoms with E-state index < -0.39 is 28.7 Å². The van der Waals surface area contributed by atoms with E-state index >= 15 is 0 Å². The molecule has 2 bridgehead atoms. The summed E-state index contributed by atoms with van der Waals surface area (Å²) in [5.74, 6) is -1.74. The van der Waals surface area contributed by atoms with Crippen LogP contribution in [0, 0.1) is 11.8 Å². The molecule has 2 unspecified atom stereocenters. The van der Waals surface area contributed by atoms with Gasteiger partial charge < -0.3 is 19.6 Å². The molecule has 3 heterocycles. The van der Waals surface area contributed by atoms with Crippen molar-refractivity contribution in [2.75, 3.05) is 19.8 Å². The van der Waals surface area contributed by atoms with Gasteiger partial charge in [0.25, 0.3) is 0 Å². The lowest BCUT2D eigenvalue weighted by molar-refractivity contribution is -0.154. The van der Waals surface area contributed by atoms with Crippen LogP contribution >= 0.6 is 11.8 Å². The summed E-state index contributed by atoms with van der Waals surface area (Å²) in [6, 6.07) is -1.05. The first kappa shape index (κ1) is 25.3. The van der Waals surface area contributed by atoms with E-state index in [4.69, 9.17) is 4.74 Å². The molecule has 0 aromatic carbocycles. The van der Waals surface area contributed by atoms with Gasteiger partial charge in [0.05, 0.1) is 35.8 Å². The Morgan fingerprint density at radius 1 is 1.26 bits per heavy atom. The second-order valence-electron chi connectivity index (χ2n) is 10.1. The molecule has 2 amide bonds. The van der Waals surface area contributed by atoms with Gasteiger partial charge in [0.2, 0.25) is 11.8 Å². The van der Waals surface area contributed by atoms with Gasteiger partial charge in [-0.05, 0) is 39.0 Å². The van der Waals surface area contributed by atoms with Crippen LogP contribution in [0.3, 0.4) is 0 Å². The number of carbonyl (C=O) groups excluding carboxylic acids is 3. The Balaban J connectivity index is 1.69. The number of hydrogen-bond acceptors (Lipinski definition) is 6. The fourth-order valence-corrected chi connectivity index (χ4v) is 8.83. The smallest absolute Gasteiger partial charge is 0.310 e. The van der Waals surface area contributed by atoms with Crippen molar-refractivity contribution in [2.24, 2.45) is 11.8 Å². The molecule has 1 saturated carbocycles. The van der Waals surface area contributed by atoms with Gasteiger partial charge in [0.15, 0.2) is 0 Å². The number of thioether (sulfide) groups is 1. The van der Waals surface area contributed by atoms with Crippen molar-refractivity contribution < 1.29 is 24.2 Å². The highest BCUT2D eigenvalue weighted by atomic mass is 32.2. The van der Waals surface area contributed by atoms with E-state index in [1.54, 1.807) is 35.7 Å². The van der Waals surface area contributed by atoms with Crippen LogP contribution in [0.5, 0.6) is 0 Å². The van der Waals surface area contributed by atoms with Crippen molar-refractivity contribution in [3.05, 3.63) is 25.3 Å². The molecule has 3 saturated heterocycles. The number of ether oxygens (including phenoxy) is 1. The lowest BCUT2D eigenvalue weighted by atomic mass is 9.71. The Bertz CT molecular complexity index is 828. The minimum absolute atomic E-state index is 0.0189. The number of fused-ring (bicyclic) bond motifs is 1. The Kier molecular flexibility index (Phi) is 7.77. The topological polar surface area (TPSA) is 87.2 Å². The Morgan fingerprint density at radius 2 is 2.00 bits per heavy atom. The maximum absolute atomic E-state index is 14.3. The summed E-state index contributed by atoms with van der Waals surface area (Å²) in [6.45, 7) is 9.79. The minimum Gasteiger partial charge on any atom is -0.465 e. The first-order valence-electron chi connectivity index (χ1n) is 12.7. The summed E-state index contributed by atoms with van der Waals surface area (Å²) >= 11 is 1.64. The van der Waals surface area contributed by atoms with Crippen LogP contribution < -0.4 is 0 Å². The van der Waals surface area contributed by atoms with E-state index in [0.717, 1.165) is 32.1 Å². The van der Waals surface area contributed by atoms with Gasteiger partial charge in [-0.15, -0.1) is 24.9 Å². The zero-order valence-corrected chi connectivity index (χ0v) is 21.0. The van der Waals surface area contributed by atoms with Crippen molar-refractivity contribution in [2.45, 2.75) is 86.4 Å². The summed E-state index contributed by atoms with van der Waals surface area (Å²) in [5.41, 5.74) is 0. The van der Waals surface area contributed by atoms with Crippen LogP contribution in [0.1, 0.15) is 58.3 Å². The standard InChI is InChI=1S/C26H38N2O5S/c1-4-6-15-33-25(32)20-19-12-13-26(34-19)21(20)23(30)28(17(3)16-29)22(26)24(31)27(14-5-2)18-10-8-7-9-11-18/h4-5,17-22,29H,1-2,6-16H2,3H3/t17-,19+,20-,21+,22?,26?/m1/s1. The molecule has 7 nitrogen and oxygen atoms in total. The Labute approximate surface area is 206 Å². The number of carbonyl (C=O) groups is 3. The summed E-state index contributed by atoms with van der Waals surface area (Å²) in [6.07, 6.45) is 10.8. The van der Waals surface area contributed by atoms with Gasteiger partial charge in [-0.2, -0.15) is 0 Å².